The molecule has 1 aliphatic carbocycles. The van der Waals surface area contributed by atoms with Crippen LogP contribution in [0.3, 0.4) is 0 Å². The topological polar surface area (TPSA) is 95.3 Å². The van der Waals surface area contributed by atoms with Gasteiger partial charge in [0.15, 0.2) is 0 Å². The summed E-state index contributed by atoms with van der Waals surface area (Å²) in [6, 6.07) is -0.183. The summed E-state index contributed by atoms with van der Waals surface area (Å²) in [5, 5.41) is 18.8. The summed E-state index contributed by atoms with van der Waals surface area (Å²) < 4.78 is 1.98. The van der Waals surface area contributed by atoms with E-state index in [0.29, 0.717) is 15.9 Å². The van der Waals surface area contributed by atoms with Crippen LogP contribution in [0.1, 0.15) is 18.9 Å². The van der Waals surface area contributed by atoms with Crippen molar-refractivity contribution < 1.29 is 33.6 Å². The number of aliphatic hydroxyl groups is 2. The maximum absolute atomic E-state index is 11.7. The molecule has 0 spiro atoms. The number of aromatic nitrogens is 2. The van der Waals surface area contributed by atoms with E-state index in [1.165, 1.54) is 10.8 Å². The number of hydrogen-bond donors (Lipinski definition) is 3. The van der Waals surface area contributed by atoms with Crippen LogP contribution in [0.5, 0.6) is 0 Å². The second-order valence-corrected chi connectivity index (χ2v) is 10.9. The SMILES string of the molecule is O=c1[nH]c(=O)n(C2CC(O)C(CO)C2)c[c]1[Hg][Cl]. The van der Waals surface area contributed by atoms with E-state index in [1.807, 2.05) is 0 Å². The molecule has 1 saturated carbocycles. The first-order valence-electron chi connectivity index (χ1n) is 5.76. The average molecular weight is 461 g/mol. The quantitative estimate of drug-likeness (QED) is 0.488. The number of aromatic amines is 1. The summed E-state index contributed by atoms with van der Waals surface area (Å²) in [5.41, 5.74) is -0.858. The van der Waals surface area contributed by atoms with Crippen molar-refractivity contribution >= 4 is 11.3 Å². The fourth-order valence-electron chi connectivity index (χ4n) is 2.39. The molecule has 1 heterocycles. The molecule has 3 unspecified atom stereocenters. The molecule has 18 heavy (non-hydrogen) atoms. The predicted molar refractivity (Wildman–Crippen MR) is 61.7 cm³/mol. The Morgan fingerprint density at radius 1 is 1.50 bits per heavy atom. The Labute approximate surface area is 118 Å². The number of halogens is 1. The third kappa shape index (κ3) is 2.71. The molecule has 96 valence electrons. The zero-order valence-electron chi connectivity index (χ0n) is 9.67. The van der Waals surface area contributed by atoms with Crippen LogP contribution in [0, 0.1) is 5.92 Å². The summed E-state index contributed by atoms with van der Waals surface area (Å²) >= 11 is -1.90. The molecule has 0 bridgehead atoms. The van der Waals surface area contributed by atoms with E-state index >= 15 is 0 Å². The second kappa shape index (κ2) is 5.86. The van der Waals surface area contributed by atoms with Crippen LogP contribution in [0.15, 0.2) is 15.8 Å². The van der Waals surface area contributed by atoms with E-state index in [4.69, 9.17) is 13.4 Å². The van der Waals surface area contributed by atoms with E-state index in [0.717, 1.165) is 0 Å². The molecule has 1 aliphatic rings. The molecule has 2 rings (SSSR count). The van der Waals surface area contributed by atoms with E-state index in [1.54, 1.807) is 0 Å². The molecular formula is C10H13ClHgN2O4. The van der Waals surface area contributed by atoms with Crippen LogP contribution in [-0.2, 0) is 23.3 Å². The predicted octanol–water partition coefficient (Wildman–Crippen LogP) is -1.30. The van der Waals surface area contributed by atoms with Crippen LogP contribution >= 0.6 is 8.25 Å². The third-order valence-electron chi connectivity index (χ3n) is 3.45. The van der Waals surface area contributed by atoms with E-state index in [-0.39, 0.29) is 24.1 Å². The first-order valence-corrected chi connectivity index (χ1v) is 15.3. The van der Waals surface area contributed by atoms with Gasteiger partial charge in [-0.3, -0.25) is 0 Å². The number of nitrogens with zero attached hydrogens (tertiary/aromatic N) is 1. The molecule has 6 nitrogen and oxygen atoms in total. The van der Waals surface area contributed by atoms with Crippen LogP contribution in [-0.4, -0.2) is 32.5 Å². The zero-order valence-corrected chi connectivity index (χ0v) is 15.9. The van der Waals surface area contributed by atoms with Gasteiger partial charge in [-0.05, 0) is 0 Å². The van der Waals surface area contributed by atoms with Crippen molar-refractivity contribution in [3.05, 3.63) is 27.0 Å². The van der Waals surface area contributed by atoms with Crippen LogP contribution in [0.2, 0.25) is 0 Å². The van der Waals surface area contributed by atoms with Crippen molar-refractivity contribution in [1.82, 2.24) is 9.55 Å². The second-order valence-electron chi connectivity index (χ2n) is 4.59. The summed E-state index contributed by atoms with van der Waals surface area (Å²) in [7, 11) is 5.85. The van der Waals surface area contributed by atoms with Crippen molar-refractivity contribution in [2.45, 2.75) is 25.0 Å². The van der Waals surface area contributed by atoms with Crippen molar-refractivity contribution in [3.63, 3.8) is 0 Å². The molecule has 0 aliphatic heterocycles. The number of H-pyrrole nitrogens is 1. The first-order chi connectivity index (χ1) is 8.56. The minimum absolute atomic E-state index is 0.0991. The molecule has 8 heteroatoms. The summed E-state index contributed by atoms with van der Waals surface area (Å²) in [6.07, 6.45) is 1.87. The fraction of sp³-hybridized carbons (Fsp3) is 0.600. The Morgan fingerprint density at radius 3 is 2.78 bits per heavy atom. The van der Waals surface area contributed by atoms with Crippen molar-refractivity contribution in [3.8, 4) is 0 Å². The molecule has 0 amide bonds. The average Bonchev–Trinajstić information content (AvgIpc) is 2.70. The first kappa shape index (κ1) is 14.2. The van der Waals surface area contributed by atoms with Gasteiger partial charge in [0.2, 0.25) is 0 Å². The van der Waals surface area contributed by atoms with E-state index in [9.17, 15) is 14.7 Å². The van der Waals surface area contributed by atoms with Crippen LogP contribution < -0.4 is 14.3 Å². The Hall–Kier alpha value is -0.175. The number of rotatable bonds is 3. The number of nitrogens with one attached hydrogen (secondary N) is 1. The zero-order chi connectivity index (χ0) is 13.3. The van der Waals surface area contributed by atoms with Crippen LogP contribution in [0.25, 0.3) is 0 Å². The summed E-state index contributed by atoms with van der Waals surface area (Å²) in [5.74, 6) is -0.210. The van der Waals surface area contributed by atoms with Gasteiger partial charge in [-0.1, -0.05) is 0 Å². The van der Waals surface area contributed by atoms with E-state index < -0.39 is 35.1 Å². The Kier molecular flexibility index (Phi) is 4.63. The Balaban J connectivity index is 2.35. The number of aliphatic hydroxyl groups excluding tert-OH is 2. The molecule has 3 atom stereocenters. The molecule has 1 aromatic rings. The Morgan fingerprint density at radius 2 is 2.22 bits per heavy atom. The summed E-state index contributed by atoms with van der Waals surface area (Å²) in [6.45, 7) is -0.0991. The standard InChI is InChI=1S/C10H13N2O4.ClH.Hg/c13-5-6-3-7(4-8(6)14)12-2-1-9(15)11-10(12)16;;/h2,6-8,13-14H,3-5H2,(H,11,15,16);1H;/q;;+1/p-1. The van der Waals surface area contributed by atoms with Gasteiger partial charge in [0.1, 0.15) is 0 Å². The fourth-order valence-corrected chi connectivity index (χ4v) is 5.91. The van der Waals surface area contributed by atoms with Crippen molar-refractivity contribution in [2.24, 2.45) is 5.92 Å². The van der Waals surface area contributed by atoms with Crippen LogP contribution in [0.4, 0.5) is 0 Å². The Bertz CT molecular complexity index is 543. The van der Waals surface area contributed by atoms with E-state index in [2.05, 4.69) is 4.98 Å². The van der Waals surface area contributed by atoms with Gasteiger partial charge in [0.25, 0.3) is 0 Å². The monoisotopic (exact) mass is 462 g/mol. The third-order valence-corrected chi connectivity index (χ3v) is 9.05. The molecule has 3 N–H and O–H groups in total. The number of hydrogen-bond acceptors (Lipinski definition) is 4. The normalized spacial score (nSPS) is 27.2. The minimum atomic E-state index is -1.90. The van der Waals surface area contributed by atoms with Gasteiger partial charge in [0.05, 0.1) is 0 Å². The molecule has 0 radical (unpaired) electrons. The van der Waals surface area contributed by atoms with Gasteiger partial charge < -0.3 is 0 Å². The van der Waals surface area contributed by atoms with Gasteiger partial charge >= 0.3 is 119 Å². The van der Waals surface area contributed by atoms with Gasteiger partial charge in [-0.25, -0.2) is 0 Å². The van der Waals surface area contributed by atoms with Gasteiger partial charge in [-0.15, -0.1) is 0 Å². The molecule has 0 saturated heterocycles. The van der Waals surface area contributed by atoms with Crippen molar-refractivity contribution in [2.75, 3.05) is 6.61 Å². The molecule has 0 aromatic carbocycles. The van der Waals surface area contributed by atoms with Gasteiger partial charge in [0, 0.05) is 0 Å². The molecule has 1 aromatic heterocycles. The van der Waals surface area contributed by atoms with Crippen molar-refractivity contribution in [1.29, 1.82) is 0 Å². The van der Waals surface area contributed by atoms with Gasteiger partial charge in [-0.2, -0.15) is 0 Å². The molecular weight excluding hydrogens is 448 g/mol. The maximum atomic E-state index is 11.7. The summed E-state index contributed by atoms with van der Waals surface area (Å²) in [4.78, 5) is 25.4. The molecule has 1 fully saturated rings.